The largest absolute Gasteiger partial charge is 0.496 e. The van der Waals surface area contributed by atoms with E-state index in [1.54, 1.807) is 14.2 Å². The molecule has 0 heterocycles. The Morgan fingerprint density at radius 3 is 2.24 bits per heavy atom. The second-order valence-electron chi connectivity index (χ2n) is 7.00. The maximum Gasteiger partial charge on any atom is 0.161 e. The van der Waals surface area contributed by atoms with Crippen LogP contribution in [0, 0.1) is 6.92 Å². The molecular formula is C25H29NO3. The Morgan fingerprint density at radius 2 is 1.48 bits per heavy atom. The summed E-state index contributed by atoms with van der Waals surface area (Å²) in [7, 11) is 3.38. The fourth-order valence-corrected chi connectivity index (χ4v) is 3.15. The monoisotopic (exact) mass is 391 g/mol. The molecule has 0 spiro atoms. The molecule has 0 bridgehead atoms. The van der Waals surface area contributed by atoms with Gasteiger partial charge in [-0.15, -0.1) is 0 Å². The second kappa shape index (κ2) is 10.5. The van der Waals surface area contributed by atoms with Crippen molar-refractivity contribution < 1.29 is 14.2 Å². The van der Waals surface area contributed by atoms with Crippen LogP contribution in [0.1, 0.15) is 22.3 Å². The SMILES string of the molecule is COc1ccccc1CCNCc1ccc(OCc2ccc(C)cc2)c(OC)c1. The molecule has 4 heteroatoms. The van der Waals surface area contributed by atoms with E-state index in [4.69, 9.17) is 14.2 Å². The van der Waals surface area contributed by atoms with Crippen LogP contribution in [0.4, 0.5) is 0 Å². The fraction of sp³-hybridized carbons (Fsp3) is 0.280. The van der Waals surface area contributed by atoms with Crippen LogP contribution in [-0.4, -0.2) is 20.8 Å². The fourth-order valence-electron chi connectivity index (χ4n) is 3.15. The Kier molecular flexibility index (Phi) is 7.54. The quantitative estimate of drug-likeness (QED) is 0.498. The molecule has 4 nitrogen and oxygen atoms in total. The first-order valence-corrected chi connectivity index (χ1v) is 9.87. The van der Waals surface area contributed by atoms with Crippen LogP contribution in [0.2, 0.25) is 0 Å². The van der Waals surface area contributed by atoms with Gasteiger partial charge in [-0.05, 0) is 54.8 Å². The first-order valence-electron chi connectivity index (χ1n) is 9.87. The van der Waals surface area contributed by atoms with Crippen molar-refractivity contribution in [3.05, 3.63) is 89.0 Å². The summed E-state index contributed by atoms with van der Waals surface area (Å²) in [5.74, 6) is 2.44. The number of nitrogens with one attached hydrogen (secondary N) is 1. The number of rotatable bonds is 10. The number of aryl methyl sites for hydroxylation is 1. The van der Waals surface area contributed by atoms with Crippen LogP contribution in [0.15, 0.2) is 66.7 Å². The molecule has 152 valence electrons. The van der Waals surface area contributed by atoms with Crippen LogP contribution in [0.5, 0.6) is 17.2 Å². The summed E-state index contributed by atoms with van der Waals surface area (Å²) < 4.78 is 16.9. The summed E-state index contributed by atoms with van der Waals surface area (Å²) in [4.78, 5) is 0. The van der Waals surface area contributed by atoms with E-state index >= 15 is 0 Å². The van der Waals surface area contributed by atoms with Gasteiger partial charge < -0.3 is 19.5 Å². The predicted octanol–water partition coefficient (Wildman–Crippen LogP) is 4.92. The molecule has 0 saturated heterocycles. The highest BCUT2D eigenvalue weighted by Gasteiger charge is 2.07. The summed E-state index contributed by atoms with van der Waals surface area (Å²) in [5.41, 5.74) is 4.75. The van der Waals surface area contributed by atoms with E-state index in [0.717, 1.165) is 47.9 Å². The minimum absolute atomic E-state index is 0.521. The number of para-hydroxylation sites is 1. The Hall–Kier alpha value is -2.98. The average molecular weight is 392 g/mol. The number of methoxy groups -OCH3 is 2. The van der Waals surface area contributed by atoms with Gasteiger partial charge in [-0.2, -0.15) is 0 Å². The Morgan fingerprint density at radius 1 is 0.759 bits per heavy atom. The number of hydrogen-bond donors (Lipinski definition) is 1. The molecule has 0 aromatic heterocycles. The van der Waals surface area contributed by atoms with E-state index in [1.165, 1.54) is 11.1 Å². The van der Waals surface area contributed by atoms with Gasteiger partial charge in [0.25, 0.3) is 0 Å². The molecule has 0 aliphatic carbocycles. The van der Waals surface area contributed by atoms with Crippen molar-refractivity contribution in [3.8, 4) is 17.2 Å². The van der Waals surface area contributed by atoms with Crippen molar-refractivity contribution >= 4 is 0 Å². The third-order valence-corrected chi connectivity index (χ3v) is 4.84. The van der Waals surface area contributed by atoms with Crippen molar-refractivity contribution in [1.29, 1.82) is 0 Å². The molecule has 3 rings (SSSR count). The van der Waals surface area contributed by atoms with Crippen molar-refractivity contribution in [3.63, 3.8) is 0 Å². The van der Waals surface area contributed by atoms with E-state index in [1.807, 2.05) is 30.3 Å². The van der Waals surface area contributed by atoms with E-state index in [-0.39, 0.29) is 0 Å². The van der Waals surface area contributed by atoms with E-state index in [2.05, 4.69) is 48.6 Å². The lowest BCUT2D eigenvalue weighted by Crippen LogP contribution is -2.17. The normalized spacial score (nSPS) is 10.6. The third kappa shape index (κ3) is 6.00. The Balaban J connectivity index is 1.52. The maximum atomic E-state index is 5.96. The van der Waals surface area contributed by atoms with Gasteiger partial charge in [0, 0.05) is 6.54 Å². The number of hydrogen-bond acceptors (Lipinski definition) is 4. The first-order chi connectivity index (χ1) is 14.2. The summed E-state index contributed by atoms with van der Waals surface area (Å²) in [5, 5.41) is 3.48. The van der Waals surface area contributed by atoms with E-state index < -0.39 is 0 Å². The molecule has 0 atom stereocenters. The molecule has 3 aromatic carbocycles. The zero-order valence-corrected chi connectivity index (χ0v) is 17.4. The zero-order chi connectivity index (χ0) is 20.5. The van der Waals surface area contributed by atoms with Gasteiger partial charge in [-0.1, -0.05) is 54.1 Å². The highest BCUT2D eigenvalue weighted by Crippen LogP contribution is 2.29. The highest BCUT2D eigenvalue weighted by atomic mass is 16.5. The zero-order valence-electron chi connectivity index (χ0n) is 17.4. The molecule has 29 heavy (non-hydrogen) atoms. The standard InChI is InChI=1S/C25H29NO3/c1-19-8-10-20(11-9-19)18-29-24-13-12-21(16-25(24)28-3)17-26-15-14-22-6-4-5-7-23(22)27-2/h4-13,16,26H,14-15,17-18H2,1-3H3. The van der Waals surface area contributed by atoms with E-state index in [0.29, 0.717) is 6.61 Å². The van der Waals surface area contributed by atoms with Crippen LogP contribution in [0.3, 0.4) is 0 Å². The van der Waals surface area contributed by atoms with Gasteiger partial charge >= 0.3 is 0 Å². The average Bonchev–Trinajstić information content (AvgIpc) is 2.77. The molecule has 0 unspecified atom stereocenters. The molecule has 0 amide bonds. The van der Waals surface area contributed by atoms with Crippen LogP contribution >= 0.6 is 0 Å². The van der Waals surface area contributed by atoms with Crippen molar-refractivity contribution in [2.75, 3.05) is 20.8 Å². The summed E-state index contributed by atoms with van der Waals surface area (Å²) in [6, 6.07) is 22.6. The summed E-state index contributed by atoms with van der Waals surface area (Å²) in [6.45, 7) is 4.24. The molecule has 0 aliphatic heterocycles. The molecule has 0 radical (unpaired) electrons. The van der Waals surface area contributed by atoms with Gasteiger partial charge in [0.2, 0.25) is 0 Å². The van der Waals surface area contributed by atoms with Gasteiger partial charge in [0.15, 0.2) is 11.5 Å². The minimum Gasteiger partial charge on any atom is -0.496 e. The van der Waals surface area contributed by atoms with Gasteiger partial charge in [-0.25, -0.2) is 0 Å². The van der Waals surface area contributed by atoms with Gasteiger partial charge in [-0.3, -0.25) is 0 Å². The maximum absolute atomic E-state index is 5.96. The molecule has 0 fully saturated rings. The van der Waals surface area contributed by atoms with Gasteiger partial charge in [0.1, 0.15) is 12.4 Å². The topological polar surface area (TPSA) is 39.7 Å². The number of ether oxygens (including phenoxy) is 3. The van der Waals surface area contributed by atoms with Crippen molar-refractivity contribution in [2.24, 2.45) is 0 Å². The second-order valence-corrected chi connectivity index (χ2v) is 7.00. The van der Waals surface area contributed by atoms with Gasteiger partial charge in [0.05, 0.1) is 14.2 Å². The first kappa shape index (κ1) is 20.7. The predicted molar refractivity (Wildman–Crippen MR) is 117 cm³/mol. The molecular weight excluding hydrogens is 362 g/mol. The lowest BCUT2D eigenvalue weighted by molar-refractivity contribution is 0.284. The van der Waals surface area contributed by atoms with E-state index in [9.17, 15) is 0 Å². The van der Waals surface area contributed by atoms with Crippen LogP contribution in [0.25, 0.3) is 0 Å². The Labute approximate surface area is 173 Å². The number of benzene rings is 3. The highest BCUT2D eigenvalue weighted by molar-refractivity contribution is 5.43. The molecule has 0 aliphatic rings. The van der Waals surface area contributed by atoms with Crippen molar-refractivity contribution in [2.45, 2.75) is 26.5 Å². The molecule has 1 N–H and O–H groups in total. The third-order valence-electron chi connectivity index (χ3n) is 4.84. The molecule has 0 saturated carbocycles. The van der Waals surface area contributed by atoms with Crippen LogP contribution < -0.4 is 19.5 Å². The minimum atomic E-state index is 0.521. The van der Waals surface area contributed by atoms with Crippen LogP contribution in [-0.2, 0) is 19.6 Å². The van der Waals surface area contributed by atoms with Crippen molar-refractivity contribution in [1.82, 2.24) is 5.32 Å². The summed E-state index contributed by atoms with van der Waals surface area (Å²) in [6.07, 6.45) is 0.916. The summed E-state index contributed by atoms with van der Waals surface area (Å²) >= 11 is 0. The lowest BCUT2D eigenvalue weighted by Gasteiger charge is -2.13. The Bertz CT molecular complexity index is 906. The molecule has 3 aromatic rings. The lowest BCUT2D eigenvalue weighted by atomic mass is 10.1. The smallest absolute Gasteiger partial charge is 0.161 e.